The van der Waals surface area contributed by atoms with E-state index >= 15 is 0 Å². The number of amides is 2. The van der Waals surface area contributed by atoms with Crippen LogP contribution in [0.3, 0.4) is 0 Å². The van der Waals surface area contributed by atoms with Crippen LogP contribution in [0.1, 0.15) is 24.8 Å². The molecule has 142 valence electrons. The number of nitriles is 1. The molecule has 0 spiro atoms. The molecular weight excluding hydrogens is 378 g/mol. The van der Waals surface area contributed by atoms with E-state index < -0.39 is 5.41 Å². The third-order valence-electron chi connectivity index (χ3n) is 5.25. The zero-order chi connectivity index (χ0) is 19.7. The summed E-state index contributed by atoms with van der Waals surface area (Å²) < 4.78 is 0. The number of aromatic nitrogens is 2. The van der Waals surface area contributed by atoms with E-state index in [1.54, 1.807) is 24.3 Å². The Morgan fingerprint density at radius 3 is 2.93 bits per heavy atom. The van der Waals surface area contributed by atoms with E-state index in [0.29, 0.717) is 23.8 Å². The maximum absolute atomic E-state index is 12.9. The SMILES string of the molecule is N#C[C@@]1(C2CC2)CCN(c2ccnc(NC(=O)Cc3cccc(Cl)c3)n2)C1=O. The van der Waals surface area contributed by atoms with Gasteiger partial charge in [0, 0.05) is 17.8 Å². The first-order valence-electron chi connectivity index (χ1n) is 9.12. The summed E-state index contributed by atoms with van der Waals surface area (Å²) in [5, 5.41) is 12.8. The summed E-state index contributed by atoms with van der Waals surface area (Å²) in [4.78, 5) is 35.1. The summed E-state index contributed by atoms with van der Waals surface area (Å²) in [7, 11) is 0. The molecule has 28 heavy (non-hydrogen) atoms. The van der Waals surface area contributed by atoms with Gasteiger partial charge in [0.15, 0.2) is 0 Å². The molecule has 7 nitrogen and oxygen atoms in total. The molecule has 1 aliphatic heterocycles. The van der Waals surface area contributed by atoms with Crippen LogP contribution in [0.5, 0.6) is 0 Å². The lowest BCUT2D eigenvalue weighted by Crippen LogP contribution is -2.35. The number of anilines is 2. The molecule has 2 fully saturated rings. The average Bonchev–Trinajstić information content (AvgIpc) is 3.46. The summed E-state index contributed by atoms with van der Waals surface area (Å²) in [6.07, 6.45) is 3.97. The van der Waals surface area contributed by atoms with Crippen LogP contribution in [-0.4, -0.2) is 28.3 Å². The summed E-state index contributed by atoms with van der Waals surface area (Å²) in [6.45, 7) is 0.440. The van der Waals surface area contributed by atoms with Crippen molar-refractivity contribution in [1.29, 1.82) is 5.26 Å². The van der Waals surface area contributed by atoms with Gasteiger partial charge in [-0.2, -0.15) is 10.2 Å². The van der Waals surface area contributed by atoms with Crippen LogP contribution in [0.2, 0.25) is 5.02 Å². The smallest absolute Gasteiger partial charge is 0.248 e. The fourth-order valence-electron chi connectivity index (χ4n) is 3.67. The van der Waals surface area contributed by atoms with Crippen LogP contribution in [0.4, 0.5) is 11.8 Å². The summed E-state index contributed by atoms with van der Waals surface area (Å²) in [6, 6.07) is 10.9. The predicted molar refractivity (Wildman–Crippen MR) is 104 cm³/mol. The van der Waals surface area contributed by atoms with Crippen LogP contribution in [0.25, 0.3) is 0 Å². The number of hydrogen-bond donors (Lipinski definition) is 1. The van der Waals surface area contributed by atoms with Crippen LogP contribution >= 0.6 is 11.6 Å². The molecule has 1 aromatic carbocycles. The van der Waals surface area contributed by atoms with Gasteiger partial charge in [-0.15, -0.1) is 0 Å². The Bertz CT molecular complexity index is 985. The molecule has 1 aliphatic carbocycles. The molecule has 0 radical (unpaired) electrons. The normalized spacial score (nSPS) is 21.4. The first-order valence-corrected chi connectivity index (χ1v) is 9.50. The van der Waals surface area contributed by atoms with Crippen molar-refractivity contribution < 1.29 is 9.59 Å². The Hall–Kier alpha value is -2.98. The Morgan fingerprint density at radius 2 is 2.21 bits per heavy atom. The second-order valence-electron chi connectivity index (χ2n) is 7.16. The fraction of sp³-hybridized carbons (Fsp3) is 0.350. The van der Waals surface area contributed by atoms with Crippen LogP contribution in [0, 0.1) is 22.7 Å². The standard InChI is InChI=1S/C20H18ClN5O2/c21-15-3-1-2-13(10-15)11-17(27)25-19-23-8-6-16(24-19)26-9-7-20(12-22,18(26)28)14-4-5-14/h1-3,6,8,10,14H,4-5,7,9,11H2,(H,23,24,25,27)/t20-/m1/s1. The number of carbonyl (C=O) groups is 2. The molecule has 2 aliphatic rings. The van der Waals surface area contributed by atoms with Gasteiger partial charge in [-0.25, -0.2) is 4.98 Å². The Kier molecular flexibility index (Phi) is 4.73. The molecule has 1 N–H and O–H groups in total. The summed E-state index contributed by atoms with van der Waals surface area (Å²) >= 11 is 5.94. The van der Waals surface area contributed by atoms with Gasteiger partial charge in [0.25, 0.3) is 0 Å². The van der Waals surface area contributed by atoms with Crippen LogP contribution < -0.4 is 10.2 Å². The summed E-state index contributed by atoms with van der Waals surface area (Å²) in [5.41, 5.74) is -0.153. The van der Waals surface area contributed by atoms with E-state index in [0.717, 1.165) is 18.4 Å². The van der Waals surface area contributed by atoms with Crippen molar-refractivity contribution in [1.82, 2.24) is 9.97 Å². The van der Waals surface area contributed by atoms with Crippen LogP contribution in [-0.2, 0) is 16.0 Å². The van der Waals surface area contributed by atoms with E-state index in [2.05, 4.69) is 21.4 Å². The van der Waals surface area contributed by atoms with E-state index in [4.69, 9.17) is 11.6 Å². The highest BCUT2D eigenvalue weighted by Gasteiger charge is 2.57. The molecular formula is C20H18ClN5O2. The molecule has 2 aromatic rings. The molecule has 2 amide bonds. The minimum atomic E-state index is -0.930. The van der Waals surface area contributed by atoms with E-state index in [-0.39, 0.29) is 30.1 Å². The van der Waals surface area contributed by atoms with Gasteiger partial charge in [-0.3, -0.25) is 19.8 Å². The minimum absolute atomic E-state index is 0.123. The third kappa shape index (κ3) is 3.43. The lowest BCUT2D eigenvalue weighted by Gasteiger charge is -2.20. The van der Waals surface area contributed by atoms with Crippen molar-refractivity contribution >= 4 is 35.2 Å². The van der Waals surface area contributed by atoms with Gasteiger partial charge in [-0.05, 0) is 48.9 Å². The van der Waals surface area contributed by atoms with Crippen molar-refractivity contribution in [2.75, 3.05) is 16.8 Å². The quantitative estimate of drug-likeness (QED) is 0.839. The van der Waals surface area contributed by atoms with Gasteiger partial charge >= 0.3 is 0 Å². The number of rotatable bonds is 5. The summed E-state index contributed by atoms with van der Waals surface area (Å²) in [5.74, 6) is 0.187. The number of nitrogens with one attached hydrogen (secondary N) is 1. The van der Waals surface area contributed by atoms with Gasteiger partial charge < -0.3 is 0 Å². The highest BCUT2D eigenvalue weighted by atomic mass is 35.5. The Morgan fingerprint density at radius 1 is 1.39 bits per heavy atom. The molecule has 0 bridgehead atoms. The van der Waals surface area contributed by atoms with Gasteiger partial charge in [-0.1, -0.05) is 23.7 Å². The van der Waals surface area contributed by atoms with Gasteiger partial charge in [0.1, 0.15) is 11.2 Å². The average molecular weight is 396 g/mol. The van der Waals surface area contributed by atoms with Crippen molar-refractivity contribution in [3.63, 3.8) is 0 Å². The second kappa shape index (κ2) is 7.21. The van der Waals surface area contributed by atoms with E-state index in [1.165, 1.54) is 11.1 Å². The van der Waals surface area contributed by atoms with Crippen molar-refractivity contribution in [2.24, 2.45) is 11.3 Å². The lowest BCUT2D eigenvalue weighted by atomic mass is 9.83. The zero-order valence-electron chi connectivity index (χ0n) is 15.1. The third-order valence-corrected chi connectivity index (χ3v) is 5.49. The molecule has 0 unspecified atom stereocenters. The van der Waals surface area contributed by atoms with Gasteiger partial charge in [0.05, 0.1) is 12.5 Å². The number of nitrogens with zero attached hydrogens (tertiary/aromatic N) is 4. The monoisotopic (exact) mass is 395 g/mol. The minimum Gasteiger partial charge on any atom is -0.295 e. The molecule has 1 atom stereocenters. The van der Waals surface area contributed by atoms with E-state index in [1.807, 2.05) is 6.07 Å². The fourth-order valence-corrected chi connectivity index (χ4v) is 3.88. The molecule has 1 saturated heterocycles. The van der Waals surface area contributed by atoms with Crippen LogP contribution in [0.15, 0.2) is 36.5 Å². The molecule has 1 aromatic heterocycles. The number of halogens is 1. The Labute approximate surface area is 167 Å². The number of carbonyl (C=O) groups excluding carboxylic acids is 2. The molecule has 2 heterocycles. The Balaban J connectivity index is 1.47. The topological polar surface area (TPSA) is 99.0 Å². The second-order valence-corrected chi connectivity index (χ2v) is 7.59. The zero-order valence-corrected chi connectivity index (χ0v) is 15.8. The largest absolute Gasteiger partial charge is 0.295 e. The van der Waals surface area contributed by atoms with Crippen molar-refractivity contribution in [3.05, 3.63) is 47.1 Å². The van der Waals surface area contributed by atoms with Gasteiger partial charge in [0.2, 0.25) is 17.8 Å². The molecule has 4 rings (SSSR count). The molecule has 1 saturated carbocycles. The van der Waals surface area contributed by atoms with Crippen molar-refractivity contribution in [2.45, 2.75) is 25.7 Å². The number of hydrogen-bond acceptors (Lipinski definition) is 5. The lowest BCUT2D eigenvalue weighted by molar-refractivity contribution is -0.123. The predicted octanol–water partition coefficient (Wildman–Crippen LogP) is 2.97. The number of benzene rings is 1. The highest BCUT2D eigenvalue weighted by molar-refractivity contribution is 6.30. The maximum Gasteiger partial charge on any atom is 0.248 e. The van der Waals surface area contributed by atoms with Crippen molar-refractivity contribution in [3.8, 4) is 6.07 Å². The first-order chi connectivity index (χ1) is 13.5. The maximum atomic E-state index is 12.9. The first kappa shape index (κ1) is 18.4. The highest BCUT2D eigenvalue weighted by Crippen LogP contribution is 2.51. The van der Waals surface area contributed by atoms with E-state index in [9.17, 15) is 14.9 Å². The molecule has 8 heteroatoms.